The number of likely N-dealkylation sites (tertiary alicyclic amines) is 1. The lowest BCUT2D eigenvalue weighted by Gasteiger charge is -2.19. The van der Waals surface area contributed by atoms with Gasteiger partial charge in [0.15, 0.2) is 5.78 Å². The third kappa shape index (κ3) is 4.87. The molecule has 0 aliphatic carbocycles. The van der Waals surface area contributed by atoms with Crippen LogP contribution < -0.4 is 5.73 Å². The first-order valence-corrected chi connectivity index (χ1v) is 9.76. The number of carbonyl (C=O) groups is 2. The van der Waals surface area contributed by atoms with Gasteiger partial charge < -0.3 is 10.6 Å². The van der Waals surface area contributed by atoms with Gasteiger partial charge in [-0.15, -0.1) is 0 Å². The van der Waals surface area contributed by atoms with Gasteiger partial charge in [-0.05, 0) is 31.9 Å². The molecule has 1 saturated heterocycles. The summed E-state index contributed by atoms with van der Waals surface area (Å²) in [6.07, 6.45) is 1.57. The van der Waals surface area contributed by atoms with E-state index in [9.17, 15) is 18.0 Å². The van der Waals surface area contributed by atoms with Gasteiger partial charge in [-0.1, -0.05) is 12.1 Å². The number of hydrogen-bond acceptors (Lipinski definition) is 5. The number of nitrogens with zero attached hydrogens (tertiary/aromatic N) is 2. The highest BCUT2D eigenvalue weighted by molar-refractivity contribution is 7.89. The maximum Gasteiger partial charge on any atom is 0.242 e. The van der Waals surface area contributed by atoms with Crippen LogP contribution in [-0.2, 0) is 14.8 Å². The molecule has 0 aromatic heterocycles. The quantitative estimate of drug-likeness (QED) is 0.720. The summed E-state index contributed by atoms with van der Waals surface area (Å²) in [5, 5.41) is 0. The Morgan fingerprint density at radius 2 is 1.92 bits per heavy atom. The highest BCUT2D eigenvalue weighted by Gasteiger charge is 2.24. The Kier molecular flexibility index (Phi) is 6.31. The van der Waals surface area contributed by atoms with Gasteiger partial charge in [0.05, 0.1) is 4.90 Å². The van der Waals surface area contributed by atoms with E-state index < -0.39 is 10.0 Å². The van der Waals surface area contributed by atoms with E-state index in [4.69, 9.17) is 5.73 Å². The van der Waals surface area contributed by atoms with E-state index in [0.29, 0.717) is 31.5 Å². The van der Waals surface area contributed by atoms with Crippen LogP contribution in [0, 0.1) is 0 Å². The molecular formula is C17H25N3O4S. The second kappa shape index (κ2) is 8.07. The molecule has 0 radical (unpaired) electrons. The summed E-state index contributed by atoms with van der Waals surface area (Å²) in [6, 6.07) is 5.91. The summed E-state index contributed by atoms with van der Waals surface area (Å²) in [6.45, 7) is 2.94. The zero-order valence-corrected chi connectivity index (χ0v) is 15.5. The lowest BCUT2D eigenvalue weighted by molar-refractivity contribution is -0.130. The highest BCUT2D eigenvalue weighted by atomic mass is 32.2. The smallest absolute Gasteiger partial charge is 0.242 e. The molecule has 1 aliphatic heterocycles. The van der Waals surface area contributed by atoms with Crippen molar-refractivity contribution in [1.82, 2.24) is 9.21 Å². The van der Waals surface area contributed by atoms with Crippen molar-refractivity contribution in [1.29, 1.82) is 0 Å². The van der Waals surface area contributed by atoms with Crippen LogP contribution in [0.5, 0.6) is 0 Å². The third-order valence-corrected chi connectivity index (χ3v) is 6.28. The Morgan fingerprint density at radius 3 is 2.44 bits per heavy atom. The topological polar surface area (TPSA) is 101 Å². The number of nitrogens with two attached hydrogens (primary N) is 1. The summed E-state index contributed by atoms with van der Waals surface area (Å²) in [4.78, 5) is 25.2. The van der Waals surface area contributed by atoms with Crippen LogP contribution >= 0.6 is 0 Å². The SMILES string of the molecule is CC(=O)c1ccc(S(=O)(=O)N(C)CCCC(=O)N2CC[C@@H](N)C2)cc1. The predicted octanol–water partition coefficient (Wildman–Crippen LogP) is 0.850. The fourth-order valence-electron chi connectivity index (χ4n) is 2.79. The van der Waals surface area contributed by atoms with Gasteiger partial charge in [0.2, 0.25) is 15.9 Å². The molecule has 1 aromatic carbocycles. The minimum absolute atomic E-state index is 0.0181. The summed E-state index contributed by atoms with van der Waals surface area (Å²) in [5.41, 5.74) is 6.26. The van der Waals surface area contributed by atoms with Crippen LogP contribution in [-0.4, -0.2) is 62.0 Å². The van der Waals surface area contributed by atoms with E-state index in [1.807, 2.05) is 0 Å². The van der Waals surface area contributed by atoms with Crippen molar-refractivity contribution in [2.24, 2.45) is 5.73 Å². The van der Waals surface area contributed by atoms with Gasteiger partial charge in [-0.2, -0.15) is 0 Å². The third-order valence-electron chi connectivity index (χ3n) is 4.41. The highest BCUT2D eigenvalue weighted by Crippen LogP contribution is 2.16. The zero-order chi connectivity index (χ0) is 18.6. The van der Waals surface area contributed by atoms with Crippen molar-refractivity contribution in [2.75, 3.05) is 26.7 Å². The molecule has 138 valence electrons. The van der Waals surface area contributed by atoms with Crippen LogP contribution in [0.25, 0.3) is 0 Å². The first-order chi connectivity index (χ1) is 11.7. The summed E-state index contributed by atoms with van der Waals surface area (Å²) >= 11 is 0. The molecule has 1 fully saturated rings. The van der Waals surface area contributed by atoms with Crippen molar-refractivity contribution in [3.8, 4) is 0 Å². The fraction of sp³-hybridized carbons (Fsp3) is 0.529. The average molecular weight is 367 g/mol. The second-order valence-corrected chi connectivity index (χ2v) is 8.44. The Labute approximate surface area is 148 Å². The van der Waals surface area contributed by atoms with E-state index in [2.05, 4.69) is 0 Å². The summed E-state index contributed by atoms with van der Waals surface area (Å²) < 4.78 is 26.3. The Bertz CT molecular complexity index is 731. The van der Waals surface area contributed by atoms with Crippen LogP contribution in [0.15, 0.2) is 29.2 Å². The number of rotatable bonds is 7. The number of Topliss-reactive ketones (excluding diaryl/α,β-unsaturated/α-hetero) is 1. The van der Waals surface area contributed by atoms with E-state index in [-0.39, 0.29) is 29.2 Å². The molecule has 7 nitrogen and oxygen atoms in total. The van der Waals surface area contributed by atoms with Crippen molar-refractivity contribution >= 4 is 21.7 Å². The number of carbonyl (C=O) groups excluding carboxylic acids is 2. The van der Waals surface area contributed by atoms with E-state index in [1.54, 1.807) is 4.90 Å². The molecule has 25 heavy (non-hydrogen) atoms. The number of amides is 1. The standard InChI is InChI=1S/C17H25N3O4S/c1-13(21)14-5-7-16(8-6-14)25(23,24)19(2)10-3-4-17(22)20-11-9-15(18)12-20/h5-8,15H,3-4,9-12,18H2,1-2H3/t15-/m1/s1. The first-order valence-electron chi connectivity index (χ1n) is 8.32. The molecular weight excluding hydrogens is 342 g/mol. The van der Waals surface area contributed by atoms with Gasteiger partial charge in [-0.25, -0.2) is 12.7 Å². The Hall–Kier alpha value is -1.77. The number of sulfonamides is 1. The van der Waals surface area contributed by atoms with Crippen molar-refractivity contribution in [3.63, 3.8) is 0 Å². The van der Waals surface area contributed by atoms with E-state index in [1.165, 1.54) is 42.5 Å². The van der Waals surface area contributed by atoms with Crippen LogP contribution in [0.4, 0.5) is 0 Å². The molecule has 0 bridgehead atoms. The molecule has 1 atom stereocenters. The van der Waals surface area contributed by atoms with E-state index >= 15 is 0 Å². The number of benzene rings is 1. The second-order valence-electron chi connectivity index (χ2n) is 6.40. The first kappa shape index (κ1) is 19.6. The van der Waals surface area contributed by atoms with Crippen molar-refractivity contribution in [3.05, 3.63) is 29.8 Å². The minimum Gasteiger partial charge on any atom is -0.341 e. The molecule has 0 saturated carbocycles. The number of hydrogen-bond donors (Lipinski definition) is 1. The van der Waals surface area contributed by atoms with Gasteiger partial charge in [0, 0.05) is 44.7 Å². The molecule has 0 spiro atoms. The van der Waals surface area contributed by atoms with Crippen LogP contribution in [0.1, 0.15) is 36.5 Å². The van der Waals surface area contributed by atoms with Gasteiger partial charge in [0.25, 0.3) is 0 Å². The average Bonchev–Trinajstić information content (AvgIpc) is 3.01. The molecule has 2 N–H and O–H groups in total. The lowest BCUT2D eigenvalue weighted by Crippen LogP contribution is -2.33. The summed E-state index contributed by atoms with van der Waals surface area (Å²) in [7, 11) is -2.14. The molecule has 1 aromatic rings. The number of ketones is 1. The van der Waals surface area contributed by atoms with Crippen molar-refractivity contribution < 1.29 is 18.0 Å². The largest absolute Gasteiger partial charge is 0.341 e. The monoisotopic (exact) mass is 367 g/mol. The molecule has 8 heteroatoms. The maximum absolute atomic E-state index is 12.5. The lowest BCUT2D eigenvalue weighted by atomic mass is 10.2. The van der Waals surface area contributed by atoms with Gasteiger partial charge >= 0.3 is 0 Å². The van der Waals surface area contributed by atoms with Gasteiger partial charge in [-0.3, -0.25) is 9.59 Å². The van der Waals surface area contributed by atoms with Crippen molar-refractivity contribution in [2.45, 2.75) is 37.1 Å². The Morgan fingerprint density at radius 1 is 1.28 bits per heavy atom. The molecule has 1 heterocycles. The maximum atomic E-state index is 12.5. The minimum atomic E-state index is -3.63. The van der Waals surface area contributed by atoms with Gasteiger partial charge in [0.1, 0.15) is 0 Å². The van der Waals surface area contributed by atoms with Crippen LogP contribution in [0.2, 0.25) is 0 Å². The van der Waals surface area contributed by atoms with Crippen LogP contribution in [0.3, 0.4) is 0 Å². The Balaban J connectivity index is 1.89. The predicted molar refractivity (Wildman–Crippen MR) is 94.7 cm³/mol. The summed E-state index contributed by atoms with van der Waals surface area (Å²) in [5.74, 6) is -0.0954. The zero-order valence-electron chi connectivity index (χ0n) is 14.6. The van der Waals surface area contributed by atoms with E-state index in [0.717, 1.165) is 6.42 Å². The fourth-order valence-corrected chi connectivity index (χ4v) is 4.00. The molecule has 2 rings (SSSR count). The normalized spacial score (nSPS) is 17.9. The molecule has 1 amide bonds. The molecule has 1 aliphatic rings. The molecule has 0 unspecified atom stereocenters.